The molecule has 0 spiro atoms. The van der Waals surface area contributed by atoms with Gasteiger partial charge in [-0.1, -0.05) is 34.1 Å². The number of rotatable bonds is 4. The van der Waals surface area contributed by atoms with E-state index < -0.39 is 0 Å². The lowest BCUT2D eigenvalue weighted by Crippen LogP contribution is -2.06. The van der Waals surface area contributed by atoms with Gasteiger partial charge in [-0.15, -0.1) is 10.2 Å². The molecule has 0 fully saturated rings. The van der Waals surface area contributed by atoms with Crippen LogP contribution in [0.4, 0.5) is 0 Å². The standard InChI is InChI=1S/C18H15BrN6O/c1-12-9-13(2)25(23-12)18-22-20-11-24(18)21-10-14-7-8-17(26-14)15-5-3-4-6-16(15)19/h3-11H,1-2H3/b21-10-. The van der Waals surface area contributed by atoms with Gasteiger partial charge in [0, 0.05) is 15.7 Å². The largest absolute Gasteiger partial charge is 0.455 e. The number of furan rings is 1. The van der Waals surface area contributed by atoms with Crippen molar-refractivity contribution in [2.75, 3.05) is 0 Å². The highest BCUT2D eigenvalue weighted by atomic mass is 79.9. The second-order valence-corrected chi connectivity index (χ2v) is 6.60. The zero-order chi connectivity index (χ0) is 18.1. The summed E-state index contributed by atoms with van der Waals surface area (Å²) in [5.74, 6) is 1.91. The molecule has 4 aromatic rings. The maximum absolute atomic E-state index is 5.87. The molecule has 0 aliphatic carbocycles. The minimum absolute atomic E-state index is 0.518. The summed E-state index contributed by atoms with van der Waals surface area (Å²) in [6, 6.07) is 13.6. The van der Waals surface area contributed by atoms with Crippen molar-refractivity contribution in [3.8, 4) is 17.3 Å². The Morgan fingerprint density at radius 3 is 2.77 bits per heavy atom. The Bertz CT molecular complexity index is 1090. The molecule has 0 N–H and O–H groups in total. The van der Waals surface area contributed by atoms with Crippen molar-refractivity contribution >= 4 is 22.1 Å². The van der Waals surface area contributed by atoms with Crippen molar-refractivity contribution in [3.63, 3.8) is 0 Å². The van der Waals surface area contributed by atoms with Crippen LogP contribution in [0.5, 0.6) is 0 Å². The minimum Gasteiger partial charge on any atom is -0.455 e. The van der Waals surface area contributed by atoms with E-state index in [1.54, 1.807) is 15.6 Å². The molecule has 26 heavy (non-hydrogen) atoms. The van der Waals surface area contributed by atoms with Crippen LogP contribution in [0.2, 0.25) is 0 Å². The van der Waals surface area contributed by atoms with Crippen LogP contribution in [0.1, 0.15) is 17.1 Å². The average molecular weight is 411 g/mol. The molecular formula is C18H15BrN6O. The van der Waals surface area contributed by atoms with E-state index in [0.29, 0.717) is 11.7 Å². The van der Waals surface area contributed by atoms with E-state index in [4.69, 9.17) is 4.42 Å². The predicted molar refractivity (Wildman–Crippen MR) is 101 cm³/mol. The van der Waals surface area contributed by atoms with Gasteiger partial charge in [0.2, 0.25) is 0 Å². The van der Waals surface area contributed by atoms with Crippen molar-refractivity contribution in [3.05, 3.63) is 70.4 Å². The summed E-state index contributed by atoms with van der Waals surface area (Å²) in [5.41, 5.74) is 2.85. The number of nitrogens with zero attached hydrogens (tertiary/aromatic N) is 6. The molecule has 0 saturated carbocycles. The molecule has 0 aliphatic heterocycles. The fraction of sp³-hybridized carbons (Fsp3) is 0.111. The zero-order valence-electron chi connectivity index (χ0n) is 14.2. The van der Waals surface area contributed by atoms with Crippen LogP contribution in [0.3, 0.4) is 0 Å². The van der Waals surface area contributed by atoms with E-state index in [1.165, 1.54) is 6.33 Å². The quantitative estimate of drug-likeness (QED) is 0.476. The van der Waals surface area contributed by atoms with Crippen LogP contribution in [0, 0.1) is 13.8 Å². The average Bonchev–Trinajstić information content (AvgIpc) is 3.33. The number of hydrogen-bond acceptors (Lipinski definition) is 5. The summed E-state index contributed by atoms with van der Waals surface area (Å²) in [6.07, 6.45) is 3.15. The lowest BCUT2D eigenvalue weighted by molar-refractivity contribution is 0.573. The van der Waals surface area contributed by atoms with Crippen LogP contribution >= 0.6 is 15.9 Å². The molecule has 1 aromatic carbocycles. The van der Waals surface area contributed by atoms with Crippen molar-refractivity contribution in [2.45, 2.75) is 13.8 Å². The van der Waals surface area contributed by atoms with Gasteiger partial charge in [0.1, 0.15) is 17.8 Å². The number of hydrogen-bond donors (Lipinski definition) is 0. The fourth-order valence-electron chi connectivity index (χ4n) is 2.62. The molecule has 0 amide bonds. The van der Waals surface area contributed by atoms with E-state index >= 15 is 0 Å². The van der Waals surface area contributed by atoms with Crippen LogP contribution < -0.4 is 0 Å². The molecular weight excluding hydrogens is 396 g/mol. The number of aromatic nitrogens is 5. The van der Waals surface area contributed by atoms with Gasteiger partial charge in [-0.2, -0.15) is 14.9 Å². The third-order valence-corrected chi connectivity index (χ3v) is 4.48. The molecule has 7 nitrogen and oxygen atoms in total. The first kappa shape index (κ1) is 16.5. The van der Waals surface area contributed by atoms with E-state index in [9.17, 15) is 0 Å². The number of halogens is 1. The van der Waals surface area contributed by atoms with Crippen LogP contribution in [-0.2, 0) is 0 Å². The molecule has 0 radical (unpaired) electrons. The molecule has 0 saturated heterocycles. The Hall–Kier alpha value is -3.00. The van der Waals surface area contributed by atoms with Crippen molar-refractivity contribution < 1.29 is 4.42 Å². The lowest BCUT2D eigenvalue weighted by atomic mass is 10.2. The molecule has 0 unspecified atom stereocenters. The number of benzene rings is 1. The van der Waals surface area contributed by atoms with Gasteiger partial charge < -0.3 is 4.42 Å². The minimum atomic E-state index is 0.518. The second-order valence-electron chi connectivity index (χ2n) is 5.74. The van der Waals surface area contributed by atoms with Crippen molar-refractivity contribution in [2.24, 2.45) is 5.10 Å². The van der Waals surface area contributed by atoms with E-state index in [-0.39, 0.29) is 0 Å². The first-order valence-corrected chi connectivity index (χ1v) is 8.74. The van der Waals surface area contributed by atoms with Crippen LogP contribution in [0.15, 0.2) is 62.8 Å². The highest BCUT2D eigenvalue weighted by Gasteiger charge is 2.11. The first-order valence-electron chi connectivity index (χ1n) is 7.94. The van der Waals surface area contributed by atoms with Gasteiger partial charge in [0.15, 0.2) is 0 Å². The van der Waals surface area contributed by atoms with Crippen LogP contribution in [-0.4, -0.2) is 30.9 Å². The summed E-state index contributed by atoms with van der Waals surface area (Å²) in [5, 5.41) is 16.8. The highest BCUT2D eigenvalue weighted by Crippen LogP contribution is 2.29. The SMILES string of the molecule is Cc1cc(C)n(-c2nncn2/N=C\c2ccc(-c3ccccc3Br)o2)n1. The van der Waals surface area contributed by atoms with Gasteiger partial charge in [-0.05, 0) is 38.1 Å². The van der Waals surface area contributed by atoms with Gasteiger partial charge in [0.25, 0.3) is 5.95 Å². The van der Waals surface area contributed by atoms with Crippen molar-refractivity contribution in [1.82, 2.24) is 24.7 Å². The molecule has 0 aliphatic rings. The molecule has 130 valence electrons. The summed E-state index contributed by atoms with van der Waals surface area (Å²) in [4.78, 5) is 0. The van der Waals surface area contributed by atoms with Gasteiger partial charge in [0.05, 0.1) is 11.9 Å². The molecule has 0 bridgehead atoms. The fourth-order valence-corrected chi connectivity index (χ4v) is 3.10. The van der Waals surface area contributed by atoms with E-state index in [1.807, 2.05) is 56.3 Å². The Morgan fingerprint density at radius 2 is 2.00 bits per heavy atom. The monoisotopic (exact) mass is 410 g/mol. The molecule has 8 heteroatoms. The summed E-state index contributed by atoms with van der Waals surface area (Å²) in [6.45, 7) is 3.89. The molecule has 3 aromatic heterocycles. The predicted octanol–water partition coefficient (Wildman–Crippen LogP) is 3.99. The van der Waals surface area contributed by atoms with Crippen molar-refractivity contribution in [1.29, 1.82) is 0 Å². The Balaban J connectivity index is 1.62. The van der Waals surface area contributed by atoms with Gasteiger partial charge in [-0.3, -0.25) is 0 Å². The molecule has 0 atom stereocenters. The lowest BCUT2D eigenvalue weighted by Gasteiger charge is -2.02. The third-order valence-electron chi connectivity index (χ3n) is 3.79. The maximum Gasteiger partial charge on any atom is 0.273 e. The smallest absolute Gasteiger partial charge is 0.273 e. The van der Waals surface area contributed by atoms with Gasteiger partial charge in [-0.25, -0.2) is 4.68 Å². The first-order chi connectivity index (χ1) is 12.6. The highest BCUT2D eigenvalue weighted by molar-refractivity contribution is 9.10. The van der Waals surface area contributed by atoms with Gasteiger partial charge >= 0.3 is 0 Å². The third kappa shape index (κ3) is 3.11. The Labute approximate surface area is 158 Å². The molecule has 3 heterocycles. The van der Waals surface area contributed by atoms with Crippen LogP contribution in [0.25, 0.3) is 17.3 Å². The zero-order valence-corrected chi connectivity index (χ0v) is 15.8. The topological polar surface area (TPSA) is 74.0 Å². The maximum atomic E-state index is 5.87. The second kappa shape index (κ2) is 6.72. The Kier molecular flexibility index (Phi) is 4.26. The molecule has 4 rings (SSSR count). The summed E-state index contributed by atoms with van der Waals surface area (Å²) < 4.78 is 10.1. The normalized spacial score (nSPS) is 11.5. The number of aryl methyl sites for hydroxylation is 2. The summed E-state index contributed by atoms with van der Waals surface area (Å²) in [7, 11) is 0. The Morgan fingerprint density at radius 1 is 1.15 bits per heavy atom. The van der Waals surface area contributed by atoms with E-state index in [2.05, 4.69) is 36.3 Å². The van der Waals surface area contributed by atoms with E-state index in [0.717, 1.165) is 27.2 Å². The summed E-state index contributed by atoms with van der Waals surface area (Å²) >= 11 is 3.53.